The zero-order chi connectivity index (χ0) is 14.7. The van der Waals surface area contributed by atoms with E-state index in [1.165, 1.54) is 0 Å². The molecule has 0 saturated carbocycles. The fourth-order valence-corrected chi connectivity index (χ4v) is 3.26. The molecule has 3 heterocycles. The lowest BCUT2D eigenvalue weighted by Crippen LogP contribution is -2.33. The van der Waals surface area contributed by atoms with Gasteiger partial charge in [-0.05, 0) is 24.8 Å². The Morgan fingerprint density at radius 1 is 1.48 bits per heavy atom. The number of hydrogen-bond acceptors (Lipinski definition) is 6. The van der Waals surface area contributed by atoms with Crippen LogP contribution in [0, 0.1) is 0 Å². The van der Waals surface area contributed by atoms with Crippen molar-refractivity contribution in [2.45, 2.75) is 19.9 Å². The van der Waals surface area contributed by atoms with E-state index in [4.69, 9.17) is 0 Å². The first-order valence-electron chi connectivity index (χ1n) is 7.23. The van der Waals surface area contributed by atoms with E-state index in [9.17, 15) is 4.79 Å². The predicted molar refractivity (Wildman–Crippen MR) is 84.5 cm³/mol. The highest BCUT2D eigenvalue weighted by molar-refractivity contribution is 7.16. The minimum absolute atomic E-state index is 0.0802. The quantitative estimate of drug-likeness (QED) is 0.894. The van der Waals surface area contributed by atoms with Crippen molar-refractivity contribution in [1.82, 2.24) is 20.2 Å². The van der Waals surface area contributed by atoms with Gasteiger partial charge in [-0.2, -0.15) is 0 Å². The number of carbonyl (C=O) groups excluding carboxylic acids is 1. The first-order valence-corrected chi connectivity index (χ1v) is 8.11. The van der Waals surface area contributed by atoms with Crippen molar-refractivity contribution in [2.75, 3.05) is 31.5 Å². The molecule has 21 heavy (non-hydrogen) atoms. The van der Waals surface area contributed by atoms with Gasteiger partial charge >= 0.3 is 0 Å². The van der Waals surface area contributed by atoms with E-state index in [1.54, 1.807) is 11.3 Å². The molecule has 1 saturated heterocycles. The molecule has 1 amide bonds. The Bertz CT molecular complexity index is 641. The van der Waals surface area contributed by atoms with Gasteiger partial charge in [0.2, 0.25) is 5.91 Å². The van der Waals surface area contributed by atoms with Gasteiger partial charge in [0.05, 0.1) is 18.5 Å². The van der Waals surface area contributed by atoms with Crippen molar-refractivity contribution in [2.24, 2.45) is 0 Å². The summed E-state index contributed by atoms with van der Waals surface area (Å²) in [6, 6.07) is 2.04. The van der Waals surface area contributed by atoms with Crippen LogP contribution >= 0.6 is 11.3 Å². The van der Waals surface area contributed by atoms with Crippen molar-refractivity contribution in [1.29, 1.82) is 0 Å². The number of rotatable bonds is 4. The third-order valence-corrected chi connectivity index (χ3v) is 4.23. The minimum Gasteiger partial charge on any atom is -0.370 e. The summed E-state index contributed by atoms with van der Waals surface area (Å²) in [6.45, 7) is 5.55. The zero-order valence-corrected chi connectivity index (χ0v) is 12.9. The SMILES string of the molecule is CCNc1nc(CN2CCCNC(=O)C2)nc2sccc12. The number of nitrogens with zero attached hydrogens (tertiary/aromatic N) is 3. The van der Waals surface area contributed by atoms with Crippen molar-refractivity contribution >= 4 is 33.3 Å². The second-order valence-electron chi connectivity index (χ2n) is 5.07. The predicted octanol–water partition coefficient (Wildman–Crippen LogP) is 1.44. The van der Waals surface area contributed by atoms with Crippen molar-refractivity contribution in [3.05, 3.63) is 17.3 Å². The highest BCUT2D eigenvalue weighted by Crippen LogP contribution is 2.25. The fourth-order valence-electron chi connectivity index (χ4n) is 2.48. The first kappa shape index (κ1) is 14.2. The zero-order valence-electron chi connectivity index (χ0n) is 12.1. The molecule has 3 rings (SSSR count). The summed E-state index contributed by atoms with van der Waals surface area (Å²) < 4.78 is 0. The number of aromatic nitrogens is 2. The van der Waals surface area contributed by atoms with Crippen LogP contribution in [0.15, 0.2) is 11.4 Å². The van der Waals surface area contributed by atoms with Crippen LogP contribution in [-0.2, 0) is 11.3 Å². The first-order chi connectivity index (χ1) is 10.3. The van der Waals surface area contributed by atoms with Gasteiger partial charge in [-0.1, -0.05) is 0 Å². The number of anilines is 1. The fraction of sp³-hybridized carbons (Fsp3) is 0.500. The molecule has 0 aliphatic carbocycles. The Hall–Kier alpha value is -1.73. The van der Waals surface area contributed by atoms with Gasteiger partial charge in [-0.25, -0.2) is 9.97 Å². The smallest absolute Gasteiger partial charge is 0.234 e. The molecule has 7 heteroatoms. The lowest BCUT2D eigenvalue weighted by molar-refractivity contribution is -0.121. The number of carbonyl (C=O) groups is 1. The molecule has 0 bridgehead atoms. The Morgan fingerprint density at radius 3 is 3.24 bits per heavy atom. The van der Waals surface area contributed by atoms with Crippen LogP contribution in [-0.4, -0.2) is 47.0 Å². The summed E-state index contributed by atoms with van der Waals surface area (Å²) in [5.41, 5.74) is 0. The number of nitrogens with one attached hydrogen (secondary N) is 2. The average molecular weight is 305 g/mol. The monoisotopic (exact) mass is 305 g/mol. The standard InChI is InChI=1S/C14H19N5OS/c1-2-15-13-10-4-7-21-14(10)18-11(17-13)8-19-6-3-5-16-12(20)9-19/h4,7H,2-3,5-6,8-9H2,1H3,(H,16,20)(H,15,17,18). The molecular weight excluding hydrogens is 286 g/mol. The van der Waals surface area contributed by atoms with Gasteiger partial charge in [-0.15, -0.1) is 11.3 Å². The van der Waals surface area contributed by atoms with Crippen LogP contribution in [0.5, 0.6) is 0 Å². The Labute approximate surface area is 127 Å². The Kier molecular flexibility index (Phi) is 4.31. The van der Waals surface area contributed by atoms with Crippen LogP contribution < -0.4 is 10.6 Å². The van der Waals surface area contributed by atoms with Gasteiger partial charge in [0.25, 0.3) is 0 Å². The van der Waals surface area contributed by atoms with Crippen molar-refractivity contribution < 1.29 is 4.79 Å². The van der Waals surface area contributed by atoms with Crippen LogP contribution in [0.3, 0.4) is 0 Å². The molecule has 2 N–H and O–H groups in total. The van der Waals surface area contributed by atoms with Gasteiger partial charge < -0.3 is 10.6 Å². The van der Waals surface area contributed by atoms with Crippen molar-refractivity contribution in [3.8, 4) is 0 Å². The summed E-state index contributed by atoms with van der Waals surface area (Å²) in [5.74, 6) is 1.74. The summed E-state index contributed by atoms with van der Waals surface area (Å²) in [4.78, 5) is 24.0. The highest BCUT2D eigenvalue weighted by atomic mass is 32.1. The van der Waals surface area contributed by atoms with Crippen LogP contribution in [0.2, 0.25) is 0 Å². The van der Waals surface area contributed by atoms with Crippen LogP contribution in [0.25, 0.3) is 10.2 Å². The van der Waals surface area contributed by atoms with Crippen LogP contribution in [0.4, 0.5) is 5.82 Å². The largest absolute Gasteiger partial charge is 0.370 e. The van der Waals surface area contributed by atoms with E-state index in [0.717, 1.165) is 47.9 Å². The molecule has 0 aromatic carbocycles. The Morgan fingerprint density at radius 2 is 2.38 bits per heavy atom. The molecule has 112 valence electrons. The summed E-state index contributed by atoms with van der Waals surface area (Å²) in [6.07, 6.45) is 0.965. The van der Waals surface area contributed by atoms with E-state index in [0.29, 0.717) is 13.1 Å². The van der Waals surface area contributed by atoms with Gasteiger partial charge in [0.15, 0.2) is 0 Å². The molecule has 6 nitrogen and oxygen atoms in total. The number of thiophene rings is 1. The van der Waals surface area contributed by atoms with E-state index < -0.39 is 0 Å². The van der Waals surface area contributed by atoms with Gasteiger partial charge in [0.1, 0.15) is 16.5 Å². The summed E-state index contributed by atoms with van der Waals surface area (Å²) >= 11 is 1.62. The number of amides is 1. The molecule has 0 unspecified atom stereocenters. The lowest BCUT2D eigenvalue weighted by Gasteiger charge is -2.17. The van der Waals surface area contributed by atoms with Crippen LogP contribution in [0.1, 0.15) is 19.2 Å². The summed E-state index contributed by atoms with van der Waals surface area (Å²) in [5, 5.41) is 9.28. The molecule has 0 atom stereocenters. The lowest BCUT2D eigenvalue weighted by atomic mass is 10.3. The van der Waals surface area contributed by atoms with E-state index in [1.807, 2.05) is 11.4 Å². The average Bonchev–Trinajstić information content (AvgIpc) is 2.83. The van der Waals surface area contributed by atoms with Gasteiger partial charge in [-0.3, -0.25) is 9.69 Å². The van der Waals surface area contributed by atoms with E-state index in [2.05, 4.69) is 32.4 Å². The normalized spacial score (nSPS) is 16.7. The van der Waals surface area contributed by atoms with Crippen molar-refractivity contribution in [3.63, 3.8) is 0 Å². The highest BCUT2D eigenvalue weighted by Gasteiger charge is 2.17. The maximum Gasteiger partial charge on any atom is 0.234 e. The van der Waals surface area contributed by atoms with Gasteiger partial charge in [0, 0.05) is 19.6 Å². The topological polar surface area (TPSA) is 70.2 Å². The number of hydrogen-bond donors (Lipinski definition) is 2. The summed E-state index contributed by atoms with van der Waals surface area (Å²) in [7, 11) is 0. The van der Waals surface area contributed by atoms with E-state index >= 15 is 0 Å². The molecular formula is C14H19N5OS. The molecule has 1 aliphatic heterocycles. The molecule has 0 spiro atoms. The second-order valence-corrected chi connectivity index (χ2v) is 5.97. The Balaban J connectivity index is 1.84. The second kappa shape index (κ2) is 6.36. The molecule has 0 radical (unpaired) electrons. The maximum absolute atomic E-state index is 11.6. The number of fused-ring (bicyclic) bond motifs is 1. The molecule has 1 aliphatic rings. The third kappa shape index (κ3) is 3.30. The molecule has 2 aromatic rings. The third-order valence-electron chi connectivity index (χ3n) is 3.42. The molecule has 2 aromatic heterocycles. The van der Waals surface area contributed by atoms with E-state index in [-0.39, 0.29) is 5.91 Å². The maximum atomic E-state index is 11.6. The minimum atomic E-state index is 0.0802. The molecule has 1 fully saturated rings.